The van der Waals surface area contributed by atoms with Gasteiger partial charge in [-0.3, -0.25) is 4.90 Å². The first-order chi connectivity index (χ1) is 11.7. The fourth-order valence-corrected chi connectivity index (χ4v) is 3.37. The lowest BCUT2D eigenvalue weighted by atomic mass is 9.78. The molecule has 0 unspecified atom stereocenters. The van der Waals surface area contributed by atoms with Crippen molar-refractivity contribution in [1.29, 1.82) is 0 Å². The van der Waals surface area contributed by atoms with Crippen LogP contribution in [0, 0.1) is 6.92 Å². The van der Waals surface area contributed by atoms with E-state index >= 15 is 0 Å². The van der Waals surface area contributed by atoms with Crippen molar-refractivity contribution in [3.8, 4) is 0 Å². The first-order valence-corrected chi connectivity index (χ1v) is 8.78. The smallest absolute Gasteiger partial charge is 0.410 e. The molecule has 0 saturated carbocycles. The molecule has 0 radical (unpaired) electrons. The molecule has 0 atom stereocenters. The molecule has 2 fully saturated rings. The lowest BCUT2D eigenvalue weighted by molar-refractivity contribution is -0.103. The highest BCUT2D eigenvalue weighted by Crippen LogP contribution is 2.40. The van der Waals surface area contributed by atoms with E-state index in [4.69, 9.17) is 4.74 Å². The third kappa shape index (κ3) is 3.57. The Labute approximate surface area is 149 Å². The Balaban J connectivity index is 1.49. The molecule has 2 saturated heterocycles. The standard InChI is InChI=1S/C19H27N3O3/c1-14-7-5-6-8-15(14)11-20-16(23)21-12-19(13-21)9-10-22(19)17(24)25-18(2,3)4/h5-8H,9-13H2,1-4H3,(H,20,23). The van der Waals surface area contributed by atoms with E-state index in [1.165, 1.54) is 0 Å². The van der Waals surface area contributed by atoms with Crippen molar-refractivity contribution in [2.75, 3.05) is 19.6 Å². The van der Waals surface area contributed by atoms with E-state index in [1.807, 2.05) is 52.0 Å². The van der Waals surface area contributed by atoms with Crippen LogP contribution in [0.15, 0.2) is 24.3 Å². The van der Waals surface area contributed by atoms with E-state index < -0.39 is 5.60 Å². The van der Waals surface area contributed by atoms with Crippen molar-refractivity contribution in [3.05, 3.63) is 35.4 Å². The Bertz CT molecular complexity index is 675. The number of carbonyl (C=O) groups excluding carboxylic acids is 2. The van der Waals surface area contributed by atoms with Crippen molar-refractivity contribution < 1.29 is 14.3 Å². The predicted molar refractivity (Wildman–Crippen MR) is 95.3 cm³/mol. The molecule has 3 rings (SSSR count). The Hall–Kier alpha value is -2.24. The Kier molecular flexibility index (Phi) is 4.39. The average Bonchev–Trinajstić information content (AvgIpc) is 2.41. The zero-order chi connectivity index (χ0) is 18.2. The van der Waals surface area contributed by atoms with Crippen LogP contribution in [0.4, 0.5) is 9.59 Å². The molecule has 2 aliphatic heterocycles. The number of aryl methyl sites for hydroxylation is 1. The van der Waals surface area contributed by atoms with Crippen molar-refractivity contribution in [2.45, 2.75) is 51.8 Å². The van der Waals surface area contributed by atoms with Gasteiger partial charge in [-0.1, -0.05) is 24.3 Å². The first-order valence-electron chi connectivity index (χ1n) is 8.78. The Morgan fingerprint density at radius 3 is 2.48 bits per heavy atom. The third-order valence-corrected chi connectivity index (χ3v) is 4.94. The van der Waals surface area contributed by atoms with E-state index in [0.717, 1.165) is 17.5 Å². The van der Waals surface area contributed by atoms with Crippen molar-refractivity contribution in [3.63, 3.8) is 0 Å². The highest BCUT2D eigenvalue weighted by molar-refractivity contribution is 5.77. The summed E-state index contributed by atoms with van der Waals surface area (Å²) >= 11 is 0. The minimum Gasteiger partial charge on any atom is -0.444 e. The fourth-order valence-electron chi connectivity index (χ4n) is 3.37. The second kappa shape index (κ2) is 6.24. The summed E-state index contributed by atoms with van der Waals surface area (Å²) in [5.74, 6) is 0. The molecule has 0 bridgehead atoms. The minimum atomic E-state index is -0.498. The summed E-state index contributed by atoms with van der Waals surface area (Å²) in [4.78, 5) is 28.1. The van der Waals surface area contributed by atoms with Crippen LogP contribution < -0.4 is 5.32 Å². The summed E-state index contributed by atoms with van der Waals surface area (Å²) in [6.45, 7) is 10.00. The Morgan fingerprint density at radius 2 is 1.92 bits per heavy atom. The van der Waals surface area contributed by atoms with Gasteiger partial charge in [0.05, 0.1) is 5.54 Å². The molecule has 25 heavy (non-hydrogen) atoms. The first kappa shape index (κ1) is 17.6. The maximum atomic E-state index is 12.3. The Morgan fingerprint density at radius 1 is 1.24 bits per heavy atom. The second-order valence-corrected chi connectivity index (χ2v) is 8.05. The van der Waals surface area contributed by atoms with Crippen LogP contribution in [0.25, 0.3) is 0 Å². The summed E-state index contributed by atoms with van der Waals surface area (Å²) in [5, 5.41) is 2.96. The van der Waals surface area contributed by atoms with Gasteiger partial charge in [-0.15, -0.1) is 0 Å². The summed E-state index contributed by atoms with van der Waals surface area (Å²) in [6, 6.07) is 7.93. The molecule has 0 aromatic heterocycles. The molecule has 2 heterocycles. The van der Waals surface area contributed by atoms with Crippen LogP contribution in [0.1, 0.15) is 38.3 Å². The number of carbonyl (C=O) groups is 2. The highest BCUT2D eigenvalue weighted by atomic mass is 16.6. The number of ether oxygens (including phenoxy) is 1. The van der Waals surface area contributed by atoms with Crippen LogP contribution in [-0.4, -0.2) is 52.7 Å². The molecule has 2 aliphatic rings. The van der Waals surface area contributed by atoms with Crippen LogP contribution in [0.3, 0.4) is 0 Å². The molecule has 1 aromatic rings. The lowest BCUT2D eigenvalue weighted by Gasteiger charge is -2.61. The van der Waals surface area contributed by atoms with Crippen LogP contribution in [0.2, 0.25) is 0 Å². The van der Waals surface area contributed by atoms with Gasteiger partial charge in [-0.05, 0) is 45.2 Å². The van der Waals surface area contributed by atoms with E-state index in [2.05, 4.69) is 5.32 Å². The summed E-state index contributed by atoms with van der Waals surface area (Å²) in [7, 11) is 0. The number of likely N-dealkylation sites (tertiary alicyclic amines) is 2. The van der Waals surface area contributed by atoms with Gasteiger partial charge in [-0.25, -0.2) is 9.59 Å². The number of nitrogens with one attached hydrogen (secondary N) is 1. The second-order valence-electron chi connectivity index (χ2n) is 8.05. The number of rotatable bonds is 2. The van der Waals surface area contributed by atoms with Gasteiger partial charge in [0, 0.05) is 26.2 Å². The molecule has 0 aliphatic carbocycles. The number of nitrogens with zero attached hydrogens (tertiary/aromatic N) is 2. The maximum absolute atomic E-state index is 12.3. The lowest BCUT2D eigenvalue weighted by Crippen LogP contribution is -2.79. The van der Waals surface area contributed by atoms with Gasteiger partial charge < -0.3 is 15.0 Å². The normalized spacial score (nSPS) is 18.4. The monoisotopic (exact) mass is 345 g/mol. The molecule has 1 N–H and O–H groups in total. The fraction of sp³-hybridized carbons (Fsp3) is 0.579. The van der Waals surface area contributed by atoms with Gasteiger partial charge in [0.15, 0.2) is 0 Å². The average molecular weight is 345 g/mol. The van der Waals surface area contributed by atoms with Gasteiger partial charge in [0.25, 0.3) is 0 Å². The van der Waals surface area contributed by atoms with Crippen molar-refractivity contribution >= 4 is 12.1 Å². The third-order valence-electron chi connectivity index (χ3n) is 4.94. The summed E-state index contributed by atoms with van der Waals surface area (Å²) < 4.78 is 5.45. The quantitative estimate of drug-likeness (QED) is 0.896. The predicted octanol–water partition coefficient (Wildman–Crippen LogP) is 2.90. The molecule has 1 spiro atoms. The maximum Gasteiger partial charge on any atom is 0.410 e. The van der Waals surface area contributed by atoms with Gasteiger partial charge >= 0.3 is 12.1 Å². The topological polar surface area (TPSA) is 61.9 Å². The van der Waals surface area contributed by atoms with Crippen LogP contribution >= 0.6 is 0 Å². The van der Waals surface area contributed by atoms with Crippen molar-refractivity contribution in [2.24, 2.45) is 0 Å². The number of amides is 3. The highest BCUT2D eigenvalue weighted by Gasteiger charge is 2.57. The van der Waals surface area contributed by atoms with E-state index in [-0.39, 0.29) is 17.7 Å². The molecule has 1 aromatic carbocycles. The molecule has 6 heteroatoms. The SMILES string of the molecule is Cc1ccccc1CNC(=O)N1CC2(CCN2C(=O)OC(C)(C)C)C1. The number of urea groups is 1. The largest absolute Gasteiger partial charge is 0.444 e. The van der Waals surface area contributed by atoms with E-state index in [0.29, 0.717) is 26.2 Å². The molecular formula is C19H27N3O3. The molecular weight excluding hydrogens is 318 g/mol. The zero-order valence-corrected chi connectivity index (χ0v) is 15.5. The molecule has 136 valence electrons. The van der Waals surface area contributed by atoms with Crippen LogP contribution in [-0.2, 0) is 11.3 Å². The summed E-state index contributed by atoms with van der Waals surface area (Å²) in [5.41, 5.74) is 1.56. The van der Waals surface area contributed by atoms with E-state index in [9.17, 15) is 9.59 Å². The van der Waals surface area contributed by atoms with Gasteiger partial charge in [0.1, 0.15) is 5.60 Å². The van der Waals surface area contributed by atoms with Crippen molar-refractivity contribution in [1.82, 2.24) is 15.1 Å². The molecule has 6 nitrogen and oxygen atoms in total. The molecule has 3 amide bonds. The summed E-state index contributed by atoms with van der Waals surface area (Å²) in [6.07, 6.45) is 0.645. The van der Waals surface area contributed by atoms with Gasteiger partial charge in [0.2, 0.25) is 0 Å². The zero-order valence-electron chi connectivity index (χ0n) is 15.5. The number of benzene rings is 1. The van der Waals surface area contributed by atoms with Gasteiger partial charge in [-0.2, -0.15) is 0 Å². The van der Waals surface area contributed by atoms with Crippen LogP contribution in [0.5, 0.6) is 0 Å². The minimum absolute atomic E-state index is 0.0788. The number of hydrogen-bond donors (Lipinski definition) is 1. The van der Waals surface area contributed by atoms with E-state index in [1.54, 1.807) is 9.80 Å². The number of hydrogen-bond acceptors (Lipinski definition) is 3.